The molecule has 4 nitrogen and oxygen atoms in total. The van der Waals surface area contributed by atoms with Crippen LogP contribution in [0.1, 0.15) is 0 Å². The molecule has 11 heavy (non-hydrogen) atoms. The number of hydrogen-bond donors (Lipinski definition) is 1. The number of alkyl halides is 3. The van der Waals surface area contributed by atoms with Gasteiger partial charge < -0.3 is 4.55 Å². The predicted octanol–water partition coefficient (Wildman–Crippen LogP) is -2.59. The van der Waals surface area contributed by atoms with Crippen LogP contribution in [0, 0.1) is 0 Å². The maximum absolute atomic E-state index is 9.84. The van der Waals surface area contributed by atoms with E-state index in [0.717, 1.165) is 0 Å². The summed E-state index contributed by atoms with van der Waals surface area (Å²) in [6.45, 7) is -0.524. The average Bonchev–Trinajstić information content (AvgIpc) is 1.57. The van der Waals surface area contributed by atoms with Crippen LogP contribution in [0.25, 0.3) is 0 Å². The van der Waals surface area contributed by atoms with E-state index in [1.165, 1.54) is 4.72 Å². The van der Waals surface area contributed by atoms with Gasteiger partial charge >= 0.3 is 18.9 Å². The molecule has 0 rings (SSSR count). The summed E-state index contributed by atoms with van der Waals surface area (Å²) in [6.07, 6.45) is 0. The van der Waals surface area contributed by atoms with Crippen LogP contribution in [0.15, 0.2) is 0 Å². The van der Waals surface area contributed by atoms with Gasteiger partial charge in [0.25, 0.3) is 0 Å². The molecule has 0 saturated heterocycles. The second-order valence-electron chi connectivity index (χ2n) is 1.39. The van der Waals surface area contributed by atoms with Gasteiger partial charge in [-0.1, -0.05) is 34.8 Å². The summed E-state index contributed by atoms with van der Waals surface area (Å²) in [4.78, 5) is 0. The van der Waals surface area contributed by atoms with Gasteiger partial charge in [0.05, 0.1) is 6.54 Å². The summed E-state index contributed by atoms with van der Waals surface area (Å²) in [5, 5.41) is 0. The molecule has 9 heteroatoms. The van der Waals surface area contributed by atoms with E-state index < -0.39 is 20.6 Å². The van der Waals surface area contributed by atoms with Crippen LogP contribution in [-0.4, -0.2) is 23.3 Å². The maximum Gasteiger partial charge on any atom is 1.00 e. The molecule has 0 aliphatic carbocycles. The van der Waals surface area contributed by atoms with Gasteiger partial charge in [0, 0.05) is 0 Å². The van der Waals surface area contributed by atoms with Crippen LogP contribution in [-0.2, 0) is 10.3 Å². The van der Waals surface area contributed by atoms with E-state index in [9.17, 15) is 13.0 Å². The van der Waals surface area contributed by atoms with E-state index in [1.807, 2.05) is 0 Å². The Kier molecular flexibility index (Phi) is 6.95. The van der Waals surface area contributed by atoms with E-state index in [0.29, 0.717) is 0 Å². The van der Waals surface area contributed by atoms with Crippen molar-refractivity contribution >= 4 is 45.1 Å². The van der Waals surface area contributed by atoms with Crippen molar-refractivity contribution in [2.75, 3.05) is 6.54 Å². The zero-order valence-corrected chi connectivity index (χ0v) is 8.56. The molecular formula is C2H3Cl3LiNO3S. The van der Waals surface area contributed by atoms with Crippen molar-refractivity contribution in [3.63, 3.8) is 0 Å². The van der Waals surface area contributed by atoms with E-state index in [2.05, 4.69) is 0 Å². The summed E-state index contributed by atoms with van der Waals surface area (Å²) < 4.78 is 29.2. The Morgan fingerprint density at radius 1 is 1.36 bits per heavy atom. The molecule has 0 aliphatic heterocycles. The first-order valence-corrected chi connectivity index (χ1v) is 4.52. The first-order chi connectivity index (χ1) is 4.21. The zero-order chi connectivity index (χ0) is 8.41. The first kappa shape index (κ1) is 14.8. The van der Waals surface area contributed by atoms with Crippen molar-refractivity contribution < 1.29 is 31.8 Å². The van der Waals surface area contributed by atoms with Gasteiger partial charge in [-0.05, 0) is 0 Å². The van der Waals surface area contributed by atoms with Crippen LogP contribution in [0.4, 0.5) is 0 Å². The molecule has 0 radical (unpaired) electrons. The summed E-state index contributed by atoms with van der Waals surface area (Å²) >= 11 is 15.3. The number of nitrogens with one attached hydrogen (secondary N) is 1. The normalized spacial score (nSPS) is 12.4. The van der Waals surface area contributed by atoms with Crippen LogP contribution < -0.4 is 23.6 Å². The third kappa shape index (κ3) is 14.2. The fourth-order valence-corrected chi connectivity index (χ4v) is 1.00. The molecule has 0 heterocycles. The first-order valence-electron chi connectivity index (χ1n) is 1.98. The summed E-state index contributed by atoms with van der Waals surface area (Å²) in [6, 6.07) is 0. The Bertz CT molecular complexity index is 199. The Balaban J connectivity index is 0. The van der Waals surface area contributed by atoms with Crippen LogP contribution in [0.2, 0.25) is 0 Å². The molecule has 0 fully saturated rings. The number of halogens is 3. The third-order valence-electron chi connectivity index (χ3n) is 0.449. The Morgan fingerprint density at radius 2 is 1.73 bits per heavy atom. The van der Waals surface area contributed by atoms with Crippen molar-refractivity contribution in [2.24, 2.45) is 0 Å². The minimum atomic E-state index is -4.51. The fraction of sp³-hybridized carbons (Fsp3) is 1.00. The van der Waals surface area contributed by atoms with Crippen LogP contribution in [0.3, 0.4) is 0 Å². The molecule has 62 valence electrons. The molecule has 0 aromatic rings. The second-order valence-corrected chi connectivity index (χ2v) is 5.10. The van der Waals surface area contributed by atoms with Gasteiger partial charge in [0.1, 0.15) is 0 Å². The van der Waals surface area contributed by atoms with Gasteiger partial charge in [-0.3, -0.25) is 0 Å². The minimum Gasteiger partial charge on any atom is -0.735 e. The molecule has 0 bridgehead atoms. The molecule has 0 aromatic heterocycles. The zero-order valence-electron chi connectivity index (χ0n) is 5.47. The molecule has 0 amide bonds. The molecule has 0 atom stereocenters. The van der Waals surface area contributed by atoms with Crippen molar-refractivity contribution in [3.8, 4) is 0 Å². The number of hydrogen-bond acceptors (Lipinski definition) is 3. The van der Waals surface area contributed by atoms with Crippen molar-refractivity contribution in [1.82, 2.24) is 4.72 Å². The van der Waals surface area contributed by atoms with E-state index in [1.54, 1.807) is 0 Å². The van der Waals surface area contributed by atoms with Crippen molar-refractivity contribution in [2.45, 2.75) is 3.79 Å². The molecule has 0 aromatic carbocycles. The van der Waals surface area contributed by atoms with E-state index >= 15 is 0 Å². The van der Waals surface area contributed by atoms with Crippen molar-refractivity contribution in [1.29, 1.82) is 0 Å². The summed E-state index contributed by atoms with van der Waals surface area (Å²) in [5.41, 5.74) is 0. The topological polar surface area (TPSA) is 69.2 Å². The monoisotopic (exact) mass is 233 g/mol. The Morgan fingerprint density at radius 3 is 1.82 bits per heavy atom. The second kappa shape index (κ2) is 5.15. The maximum atomic E-state index is 9.84. The largest absolute Gasteiger partial charge is 1.00 e. The smallest absolute Gasteiger partial charge is 0.735 e. The SMILES string of the molecule is O=S(=O)([O-])NCC(Cl)(Cl)Cl.[Li+]. The molecule has 0 spiro atoms. The van der Waals surface area contributed by atoms with Crippen LogP contribution in [0.5, 0.6) is 0 Å². The fourth-order valence-electron chi connectivity index (χ4n) is 0.170. The Hall–Kier alpha value is 1.34. The number of rotatable bonds is 2. The molecule has 0 aliphatic rings. The third-order valence-corrected chi connectivity index (χ3v) is 1.35. The van der Waals surface area contributed by atoms with Gasteiger partial charge in [-0.25, -0.2) is 13.1 Å². The molecule has 0 saturated carbocycles. The van der Waals surface area contributed by atoms with E-state index in [4.69, 9.17) is 34.8 Å². The molecular weight excluding hydrogens is 231 g/mol. The Labute approximate surface area is 91.6 Å². The van der Waals surface area contributed by atoms with Gasteiger partial charge in [-0.15, -0.1) is 0 Å². The van der Waals surface area contributed by atoms with E-state index in [-0.39, 0.29) is 18.9 Å². The standard InChI is InChI=1S/C2H4Cl3NO3S.Li/c3-2(4,5)1-6-10(7,8)9;/h6H,1H2,(H,7,8,9);/q;+1/p-1. The summed E-state index contributed by atoms with van der Waals surface area (Å²) in [7, 11) is -4.51. The summed E-state index contributed by atoms with van der Waals surface area (Å²) in [5.74, 6) is 0. The molecule has 0 unspecified atom stereocenters. The predicted molar refractivity (Wildman–Crippen MR) is 38.0 cm³/mol. The van der Waals surface area contributed by atoms with Gasteiger partial charge in [0.2, 0.25) is 3.79 Å². The van der Waals surface area contributed by atoms with Gasteiger partial charge in [-0.2, -0.15) is 0 Å². The minimum absolute atomic E-state index is 0. The van der Waals surface area contributed by atoms with Crippen LogP contribution >= 0.6 is 34.8 Å². The average molecular weight is 234 g/mol. The molecule has 1 N–H and O–H groups in total. The quantitative estimate of drug-likeness (QED) is 0.324. The van der Waals surface area contributed by atoms with Crippen molar-refractivity contribution in [3.05, 3.63) is 0 Å². The van der Waals surface area contributed by atoms with Gasteiger partial charge in [0.15, 0.2) is 10.3 Å².